The molecule has 0 atom stereocenters. The molecule has 2 aromatic rings. The van der Waals surface area contributed by atoms with Crippen LogP contribution in [0, 0.1) is 0 Å². The Bertz CT molecular complexity index is 1080. The molecule has 1 aliphatic heterocycles. The maximum absolute atomic E-state index is 12.4. The minimum atomic E-state index is -0.340. The maximum atomic E-state index is 12.4. The average molecular weight is 542 g/mol. The fourth-order valence-electron chi connectivity index (χ4n) is 2.73. The fraction of sp³-hybridized carbons (Fsp3) is 0.190. The Morgan fingerprint density at radius 2 is 2.06 bits per heavy atom. The molecule has 0 spiro atoms. The first-order chi connectivity index (χ1) is 14.8. The molecule has 0 aliphatic carbocycles. The summed E-state index contributed by atoms with van der Waals surface area (Å²) in [6, 6.07) is 10.3. The molecule has 2 aromatic carbocycles. The van der Waals surface area contributed by atoms with Crippen LogP contribution in [-0.4, -0.2) is 41.3 Å². The zero-order valence-electron chi connectivity index (χ0n) is 16.6. The minimum absolute atomic E-state index is 0.110. The second kappa shape index (κ2) is 10.5. The molecule has 0 unspecified atom stereocenters. The van der Waals surface area contributed by atoms with E-state index in [1.807, 2.05) is 6.92 Å². The van der Waals surface area contributed by atoms with Crippen LogP contribution >= 0.6 is 51.5 Å². The predicted octanol–water partition coefficient (Wildman–Crippen LogP) is 5.35. The highest BCUT2D eigenvalue weighted by Gasteiger charge is 2.30. The van der Waals surface area contributed by atoms with E-state index in [-0.39, 0.29) is 18.4 Å². The molecular formula is C21H18BrClN2O4S2. The first kappa shape index (κ1) is 23.6. The van der Waals surface area contributed by atoms with E-state index in [9.17, 15) is 9.59 Å². The first-order valence-corrected chi connectivity index (χ1v) is 11.5. The van der Waals surface area contributed by atoms with E-state index in [1.54, 1.807) is 47.4 Å². The van der Waals surface area contributed by atoms with Crippen molar-refractivity contribution >= 4 is 79.4 Å². The van der Waals surface area contributed by atoms with E-state index in [0.717, 1.165) is 10.0 Å². The molecule has 2 amide bonds. The van der Waals surface area contributed by atoms with Gasteiger partial charge in [-0.15, -0.1) is 0 Å². The van der Waals surface area contributed by atoms with E-state index < -0.39 is 0 Å². The first-order valence-electron chi connectivity index (χ1n) is 9.13. The normalized spacial score (nSPS) is 14.8. The number of carbonyl (C=O) groups is 2. The summed E-state index contributed by atoms with van der Waals surface area (Å²) in [5.74, 6) is 0.401. The number of amides is 2. The number of anilines is 1. The number of nitrogens with one attached hydrogen (secondary N) is 1. The Morgan fingerprint density at radius 3 is 2.71 bits per heavy atom. The highest BCUT2D eigenvalue weighted by atomic mass is 79.9. The lowest BCUT2D eigenvalue weighted by Gasteiger charge is -2.12. The maximum Gasteiger partial charge on any atom is 0.266 e. The van der Waals surface area contributed by atoms with Crippen LogP contribution in [-0.2, 0) is 9.59 Å². The highest BCUT2D eigenvalue weighted by Crippen LogP contribution is 2.34. The second-order valence-electron chi connectivity index (χ2n) is 6.30. The van der Waals surface area contributed by atoms with Crippen molar-refractivity contribution in [2.24, 2.45) is 0 Å². The van der Waals surface area contributed by atoms with Crippen LogP contribution in [0.15, 0.2) is 45.8 Å². The Hall–Kier alpha value is -2.07. The molecule has 1 fully saturated rings. The molecule has 1 saturated heterocycles. The number of hydrogen-bond donors (Lipinski definition) is 1. The zero-order valence-corrected chi connectivity index (χ0v) is 20.6. The van der Waals surface area contributed by atoms with E-state index in [0.29, 0.717) is 38.0 Å². The van der Waals surface area contributed by atoms with Gasteiger partial charge in [0.05, 0.1) is 17.0 Å². The predicted molar refractivity (Wildman–Crippen MR) is 132 cm³/mol. The van der Waals surface area contributed by atoms with Crippen molar-refractivity contribution in [2.45, 2.75) is 6.92 Å². The molecule has 0 bridgehead atoms. The largest absolute Gasteiger partial charge is 0.493 e. The summed E-state index contributed by atoms with van der Waals surface area (Å²) in [7, 11) is 1.51. The van der Waals surface area contributed by atoms with Crippen LogP contribution in [0.2, 0.25) is 5.02 Å². The number of carbonyl (C=O) groups excluding carboxylic acids is 2. The zero-order chi connectivity index (χ0) is 22.5. The van der Waals surface area contributed by atoms with Gasteiger partial charge in [-0.2, -0.15) is 0 Å². The van der Waals surface area contributed by atoms with Gasteiger partial charge in [-0.3, -0.25) is 14.5 Å². The number of likely N-dealkylation sites (N-methyl/N-ethyl adjacent to an activating group) is 1. The Balaban J connectivity index is 1.67. The molecule has 31 heavy (non-hydrogen) atoms. The monoisotopic (exact) mass is 540 g/mol. The molecule has 3 rings (SSSR count). The summed E-state index contributed by atoms with van der Waals surface area (Å²) in [5.41, 5.74) is 1.32. The van der Waals surface area contributed by atoms with Crippen LogP contribution in [0.3, 0.4) is 0 Å². The van der Waals surface area contributed by atoms with Crippen molar-refractivity contribution in [2.75, 3.05) is 25.6 Å². The van der Waals surface area contributed by atoms with Gasteiger partial charge in [0.2, 0.25) is 0 Å². The van der Waals surface area contributed by atoms with E-state index in [2.05, 4.69) is 21.2 Å². The van der Waals surface area contributed by atoms with Gasteiger partial charge in [0.1, 0.15) is 4.32 Å². The summed E-state index contributed by atoms with van der Waals surface area (Å²) in [6.07, 6.45) is 1.76. The molecule has 1 aliphatic rings. The topological polar surface area (TPSA) is 67.9 Å². The Kier molecular flexibility index (Phi) is 7.99. The number of thiocarbonyl (C=S) groups is 1. The smallest absolute Gasteiger partial charge is 0.266 e. The van der Waals surface area contributed by atoms with E-state index >= 15 is 0 Å². The summed E-state index contributed by atoms with van der Waals surface area (Å²) < 4.78 is 12.3. The lowest BCUT2D eigenvalue weighted by atomic mass is 10.2. The van der Waals surface area contributed by atoms with Crippen LogP contribution in [0.4, 0.5) is 5.69 Å². The molecule has 162 valence electrons. The molecule has 6 nitrogen and oxygen atoms in total. The third-order valence-corrected chi connectivity index (χ3v) is 6.85. The van der Waals surface area contributed by atoms with Crippen molar-refractivity contribution < 1.29 is 19.1 Å². The van der Waals surface area contributed by atoms with E-state index in [4.69, 9.17) is 33.3 Å². The van der Waals surface area contributed by atoms with Crippen LogP contribution in [0.1, 0.15) is 12.5 Å². The summed E-state index contributed by atoms with van der Waals surface area (Å²) >= 11 is 15.8. The van der Waals surface area contributed by atoms with Gasteiger partial charge in [0, 0.05) is 16.7 Å². The second-order valence-corrected chi connectivity index (χ2v) is 9.24. The van der Waals surface area contributed by atoms with Crippen molar-refractivity contribution in [1.29, 1.82) is 0 Å². The Morgan fingerprint density at radius 1 is 1.29 bits per heavy atom. The van der Waals surface area contributed by atoms with Crippen LogP contribution < -0.4 is 14.8 Å². The minimum Gasteiger partial charge on any atom is -0.493 e. The van der Waals surface area contributed by atoms with Crippen molar-refractivity contribution in [3.63, 3.8) is 0 Å². The van der Waals surface area contributed by atoms with Gasteiger partial charge >= 0.3 is 0 Å². The van der Waals surface area contributed by atoms with Crippen LogP contribution in [0.25, 0.3) is 6.08 Å². The number of hydrogen-bond acceptors (Lipinski definition) is 6. The number of nitrogens with zero attached hydrogens (tertiary/aromatic N) is 1. The SMILES string of the molecule is CCN1C(=O)/C(=C/c2ccc(OCC(=O)Nc3ccc(Br)c(Cl)c3)c(OC)c2)SC1=S. The van der Waals surface area contributed by atoms with E-state index in [1.165, 1.54) is 18.9 Å². The average Bonchev–Trinajstić information content (AvgIpc) is 3.01. The molecular weight excluding hydrogens is 524 g/mol. The molecule has 0 saturated carbocycles. The number of thioether (sulfide) groups is 1. The third-order valence-electron chi connectivity index (χ3n) is 4.24. The van der Waals surface area contributed by atoms with Crippen molar-refractivity contribution in [3.05, 3.63) is 56.4 Å². The van der Waals surface area contributed by atoms with Gasteiger partial charge in [0.25, 0.3) is 11.8 Å². The number of benzene rings is 2. The molecule has 0 radical (unpaired) electrons. The molecule has 1 heterocycles. The Labute approximate surface area is 203 Å². The molecule has 0 aromatic heterocycles. The number of ether oxygens (including phenoxy) is 2. The molecule has 1 N–H and O–H groups in total. The fourth-order valence-corrected chi connectivity index (χ4v) is 4.54. The summed E-state index contributed by atoms with van der Waals surface area (Å²) in [4.78, 5) is 26.7. The lowest BCUT2D eigenvalue weighted by molar-refractivity contribution is -0.122. The standard InChI is InChI=1S/C21H18BrClN2O4S2/c1-3-25-20(27)18(31-21(25)30)9-12-4-7-16(17(8-12)28-2)29-11-19(26)24-13-5-6-14(22)15(23)10-13/h4-10H,3,11H2,1-2H3,(H,24,26)/b18-9-. The quantitative estimate of drug-likeness (QED) is 0.377. The van der Waals surface area contributed by atoms with Crippen molar-refractivity contribution in [3.8, 4) is 11.5 Å². The number of methoxy groups -OCH3 is 1. The van der Waals surface area contributed by atoms with Gasteiger partial charge in [-0.05, 0) is 64.8 Å². The van der Waals surface area contributed by atoms with Gasteiger partial charge < -0.3 is 14.8 Å². The number of halogens is 2. The van der Waals surface area contributed by atoms with Gasteiger partial charge in [-0.25, -0.2) is 0 Å². The summed E-state index contributed by atoms with van der Waals surface area (Å²) in [5, 5.41) is 3.21. The molecule has 10 heteroatoms. The number of rotatable bonds is 7. The third kappa shape index (κ3) is 5.79. The lowest BCUT2D eigenvalue weighted by Crippen LogP contribution is -2.27. The van der Waals surface area contributed by atoms with Crippen molar-refractivity contribution in [1.82, 2.24) is 4.90 Å². The van der Waals surface area contributed by atoms with Gasteiger partial charge in [-0.1, -0.05) is 41.6 Å². The van der Waals surface area contributed by atoms with Gasteiger partial charge in [0.15, 0.2) is 18.1 Å². The highest BCUT2D eigenvalue weighted by molar-refractivity contribution is 9.10. The summed E-state index contributed by atoms with van der Waals surface area (Å²) in [6.45, 7) is 2.20. The van der Waals surface area contributed by atoms with Crippen LogP contribution in [0.5, 0.6) is 11.5 Å².